The highest BCUT2D eigenvalue weighted by molar-refractivity contribution is 6.37. The highest BCUT2D eigenvalue weighted by atomic mass is 16.2. The molecule has 0 radical (unpaired) electrons. The third-order valence-corrected chi connectivity index (χ3v) is 3.76. The van der Waals surface area contributed by atoms with Crippen LogP contribution < -0.4 is 4.90 Å². The van der Waals surface area contributed by atoms with E-state index in [1.165, 1.54) is 0 Å². The van der Waals surface area contributed by atoms with Crippen LogP contribution in [0.25, 0.3) is 11.1 Å². The molecule has 0 saturated carbocycles. The van der Waals surface area contributed by atoms with Crippen LogP contribution in [-0.4, -0.2) is 17.5 Å². The van der Waals surface area contributed by atoms with Crippen molar-refractivity contribution in [2.24, 2.45) is 7.05 Å². The minimum atomic E-state index is 0.0694. The van der Waals surface area contributed by atoms with E-state index in [4.69, 9.17) is 0 Å². The van der Waals surface area contributed by atoms with Crippen molar-refractivity contribution in [2.45, 2.75) is 34.6 Å². The van der Waals surface area contributed by atoms with Crippen LogP contribution in [0.15, 0.2) is 42.6 Å². The molecular weight excluding hydrogens is 284 g/mol. The predicted octanol–water partition coefficient (Wildman–Crippen LogP) is 4.98. The van der Waals surface area contributed by atoms with E-state index in [1.54, 1.807) is 4.90 Å². The molecule has 1 aromatic heterocycles. The number of hydrogen-bond donors (Lipinski definition) is 0. The Bertz CT molecular complexity index is 695. The normalized spacial score (nSPS) is 14.4. The Morgan fingerprint density at radius 3 is 2.09 bits per heavy atom. The minimum Gasteiger partial charge on any atom is -0.351 e. The van der Waals surface area contributed by atoms with Gasteiger partial charge in [0.15, 0.2) is 0 Å². The number of fused-ring (bicyclic) bond motifs is 1. The lowest BCUT2D eigenvalue weighted by Gasteiger charge is -2.09. The molecule has 3 rings (SSSR count). The number of nitrogens with zero attached hydrogens (tertiary/aromatic N) is 2. The van der Waals surface area contributed by atoms with Crippen LogP contribution in [0.3, 0.4) is 0 Å². The second kappa shape index (κ2) is 8.37. The maximum absolute atomic E-state index is 12.5. The molecule has 1 aromatic carbocycles. The maximum Gasteiger partial charge on any atom is 0.259 e. The summed E-state index contributed by atoms with van der Waals surface area (Å²) < 4.78 is 2.04. The van der Waals surface area contributed by atoms with E-state index in [1.807, 2.05) is 95.9 Å². The molecular formula is C20H28N2O. The number of allylic oxidation sites excluding steroid dienone is 1. The number of aromatic nitrogens is 1. The van der Waals surface area contributed by atoms with Gasteiger partial charge in [0.2, 0.25) is 0 Å². The lowest BCUT2D eigenvalue weighted by atomic mass is 10.00. The molecule has 3 nitrogen and oxygen atoms in total. The van der Waals surface area contributed by atoms with Gasteiger partial charge in [0.25, 0.3) is 5.91 Å². The van der Waals surface area contributed by atoms with Crippen LogP contribution in [0.5, 0.6) is 0 Å². The Balaban J connectivity index is 0.000000615. The molecule has 1 aliphatic rings. The van der Waals surface area contributed by atoms with Gasteiger partial charge in [-0.3, -0.25) is 4.79 Å². The van der Waals surface area contributed by atoms with E-state index in [0.717, 1.165) is 28.1 Å². The van der Waals surface area contributed by atoms with Gasteiger partial charge in [0, 0.05) is 31.5 Å². The number of likely N-dealkylation sites (N-methyl/N-ethyl adjacent to an activating group) is 1. The summed E-state index contributed by atoms with van der Waals surface area (Å²) in [6, 6.07) is 12.0. The van der Waals surface area contributed by atoms with Crippen LogP contribution in [0.2, 0.25) is 0 Å². The number of para-hydroxylation sites is 1. The number of hydrogen-bond acceptors (Lipinski definition) is 1. The summed E-state index contributed by atoms with van der Waals surface area (Å²) in [5, 5.41) is 0. The first-order chi connectivity index (χ1) is 11.1. The van der Waals surface area contributed by atoms with Crippen LogP contribution in [-0.2, 0) is 11.8 Å². The molecule has 0 aliphatic carbocycles. The molecule has 0 fully saturated rings. The van der Waals surface area contributed by atoms with Gasteiger partial charge in [0.1, 0.15) is 0 Å². The lowest BCUT2D eigenvalue weighted by Crippen LogP contribution is -2.20. The Morgan fingerprint density at radius 1 is 0.913 bits per heavy atom. The third-order valence-electron chi connectivity index (χ3n) is 3.76. The molecule has 0 bridgehead atoms. The average Bonchev–Trinajstić information content (AvgIpc) is 3.14. The van der Waals surface area contributed by atoms with Crippen LogP contribution in [0, 0.1) is 0 Å². The number of anilines is 1. The second-order valence-corrected chi connectivity index (χ2v) is 4.89. The van der Waals surface area contributed by atoms with Gasteiger partial charge in [-0.15, -0.1) is 0 Å². The van der Waals surface area contributed by atoms with Crippen molar-refractivity contribution in [3.8, 4) is 0 Å². The number of amides is 1. The van der Waals surface area contributed by atoms with E-state index in [-0.39, 0.29) is 5.91 Å². The molecule has 3 heteroatoms. The fourth-order valence-corrected chi connectivity index (χ4v) is 2.71. The molecule has 1 amide bonds. The van der Waals surface area contributed by atoms with E-state index < -0.39 is 0 Å². The van der Waals surface area contributed by atoms with Crippen molar-refractivity contribution >= 4 is 22.7 Å². The van der Waals surface area contributed by atoms with Crippen molar-refractivity contribution in [3.05, 3.63) is 53.9 Å². The molecule has 0 spiro atoms. The van der Waals surface area contributed by atoms with Gasteiger partial charge in [-0.25, -0.2) is 0 Å². The zero-order valence-corrected chi connectivity index (χ0v) is 15.3. The van der Waals surface area contributed by atoms with Crippen LogP contribution in [0.4, 0.5) is 5.69 Å². The quantitative estimate of drug-likeness (QED) is 0.681. The number of aryl methyl sites for hydroxylation is 1. The van der Waals surface area contributed by atoms with Crippen molar-refractivity contribution in [1.29, 1.82) is 0 Å². The molecule has 0 atom stereocenters. The Kier molecular flexibility index (Phi) is 6.83. The summed E-state index contributed by atoms with van der Waals surface area (Å²) in [4.78, 5) is 14.2. The van der Waals surface area contributed by atoms with E-state index >= 15 is 0 Å². The number of carbonyl (C=O) groups excluding carboxylic acids is 1. The van der Waals surface area contributed by atoms with Crippen molar-refractivity contribution in [3.63, 3.8) is 0 Å². The summed E-state index contributed by atoms with van der Waals surface area (Å²) >= 11 is 0. The Labute approximate surface area is 140 Å². The highest BCUT2D eigenvalue weighted by Crippen LogP contribution is 2.39. The van der Waals surface area contributed by atoms with Crippen molar-refractivity contribution in [2.75, 3.05) is 11.9 Å². The summed E-state index contributed by atoms with van der Waals surface area (Å²) in [6.45, 7) is 10.0. The number of carbonyl (C=O) groups is 1. The van der Waals surface area contributed by atoms with Gasteiger partial charge >= 0.3 is 0 Å². The first-order valence-corrected chi connectivity index (χ1v) is 8.31. The molecule has 2 aromatic rings. The molecule has 0 unspecified atom stereocenters. The SMILES string of the molecule is C/C(=C1/C(=O)N(C)c2ccccc21)c1cccn1C.CC.CC. The highest BCUT2D eigenvalue weighted by Gasteiger charge is 2.31. The molecule has 1 aliphatic heterocycles. The van der Waals surface area contributed by atoms with Crippen LogP contribution in [0.1, 0.15) is 45.9 Å². The minimum absolute atomic E-state index is 0.0694. The molecule has 0 saturated heterocycles. The number of benzene rings is 1. The smallest absolute Gasteiger partial charge is 0.259 e. The summed E-state index contributed by atoms with van der Waals surface area (Å²) in [7, 11) is 3.82. The standard InChI is InChI=1S/C16H16N2O.2C2H6/c1-11(13-9-6-10-17(13)2)15-12-7-4-5-8-14(12)18(3)16(15)19;2*1-2/h4-10H,1-3H3;2*1-2H3/b15-11-;;. The summed E-state index contributed by atoms with van der Waals surface area (Å²) in [6.07, 6.45) is 1.99. The maximum atomic E-state index is 12.5. The Hall–Kier alpha value is -2.29. The van der Waals surface area contributed by atoms with E-state index in [9.17, 15) is 4.79 Å². The van der Waals surface area contributed by atoms with Crippen molar-refractivity contribution in [1.82, 2.24) is 4.57 Å². The lowest BCUT2D eigenvalue weighted by molar-refractivity contribution is -0.112. The topological polar surface area (TPSA) is 25.2 Å². The van der Waals surface area contributed by atoms with Gasteiger partial charge in [-0.1, -0.05) is 45.9 Å². The average molecular weight is 312 g/mol. The first-order valence-electron chi connectivity index (χ1n) is 8.31. The zero-order chi connectivity index (χ0) is 17.6. The van der Waals surface area contributed by atoms with Gasteiger partial charge in [-0.2, -0.15) is 0 Å². The second-order valence-electron chi connectivity index (χ2n) is 4.89. The predicted molar refractivity (Wildman–Crippen MR) is 100 cm³/mol. The largest absolute Gasteiger partial charge is 0.351 e. The zero-order valence-electron chi connectivity index (χ0n) is 15.3. The van der Waals surface area contributed by atoms with Gasteiger partial charge in [-0.05, 0) is 30.7 Å². The molecule has 124 valence electrons. The first kappa shape index (κ1) is 18.8. The number of rotatable bonds is 1. The molecule has 0 N–H and O–H groups in total. The van der Waals surface area contributed by atoms with E-state index in [2.05, 4.69) is 0 Å². The van der Waals surface area contributed by atoms with Gasteiger partial charge < -0.3 is 9.47 Å². The van der Waals surface area contributed by atoms with E-state index in [0.29, 0.717) is 0 Å². The van der Waals surface area contributed by atoms with Crippen LogP contribution >= 0.6 is 0 Å². The summed E-state index contributed by atoms with van der Waals surface area (Å²) in [5.74, 6) is 0.0694. The van der Waals surface area contributed by atoms with Crippen molar-refractivity contribution < 1.29 is 4.79 Å². The monoisotopic (exact) mass is 312 g/mol. The van der Waals surface area contributed by atoms with Gasteiger partial charge in [0.05, 0.1) is 11.3 Å². The molecule has 23 heavy (non-hydrogen) atoms. The fraction of sp³-hybridized carbons (Fsp3) is 0.350. The third kappa shape index (κ3) is 3.39. The summed E-state index contributed by atoms with van der Waals surface area (Å²) in [5.41, 5.74) is 4.91. The fourth-order valence-electron chi connectivity index (χ4n) is 2.71. The Morgan fingerprint density at radius 2 is 1.52 bits per heavy atom. The molecule has 2 heterocycles.